The Bertz CT molecular complexity index is 447. The summed E-state index contributed by atoms with van der Waals surface area (Å²) in [5, 5.41) is 13.6. The van der Waals surface area contributed by atoms with Crippen LogP contribution in [0.4, 0.5) is 0 Å². The highest BCUT2D eigenvalue weighted by Crippen LogP contribution is 2.16. The summed E-state index contributed by atoms with van der Waals surface area (Å²) in [6, 6.07) is 6.82. The first kappa shape index (κ1) is 16.8. The van der Waals surface area contributed by atoms with Gasteiger partial charge in [0.2, 0.25) is 5.91 Å². The number of benzene rings is 1. The van der Waals surface area contributed by atoms with E-state index in [-0.39, 0.29) is 31.6 Å². The zero-order valence-corrected chi connectivity index (χ0v) is 11.9. The van der Waals surface area contributed by atoms with Crippen LogP contribution >= 0.6 is 0 Å². The molecule has 1 aromatic carbocycles. The molecule has 0 bridgehead atoms. The molecule has 7 heteroatoms. The summed E-state index contributed by atoms with van der Waals surface area (Å²) in [7, 11) is 1.56. The van der Waals surface area contributed by atoms with Crippen molar-refractivity contribution in [2.75, 3.05) is 33.4 Å². The summed E-state index contributed by atoms with van der Waals surface area (Å²) in [5.74, 6) is 0.550. The topological polar surface area (TPSA) is 96.9 Å². The highest BCUT2D eigenvalue weighted by molar-refractivity contribution is 5.85. The number of nitrogens with one attached hydrogen (secondary N) is 2. The Balaban J connectivity index is 2.19. The van der Waals surface area contributed by atoms with Gasteiger partial charge in [-0.15, -0.1) is 0 Å². The average Bonchev–Trinajstić information content (AvgIpc) is 2.51. The lowest BCUT2D eigenvalue weighted by Gasteiger charge is -2.08. The molecule has 0 radical (unpaired) electrons. The molecule has 0 unspecified atom stereocenters. The van der Waals surface area contributed by atoms with Crippen LogP contribution in [-0.4, -0.2) is 50.3 Å². The zero-order chi connectivity index (χ0) is 15.5. The van der Waals surface area contributed by atoms with Crippen molar-refractivity contribution >= 4 is 11.8 Å². The van der Waals surface area contributed by atoms with Crippen LogP contribution in [0.5, 0.6) is 11.5 Å². The van der Waals surface area contributed by atoms with E-state index in [1.165, 1.54) is 0 Å². The predicted octanol–water partition coefficient (Wildman–Crippen LogP) is -0.311. The number of amides is 2. The minimum absolute atomic E-state index is 0.0162. The minimum atomic E-state index is -0.386. The van der Waals surface area contributed by atoms with Crippen LogP contribution in [-0.2, 0) is 9.59 Å². The lowest BCUT2D eigenvalue weighted by atomic mass is 10.3. The highest BCUT2D eigenvalue weighted by atomic mass is 16.5. The summed E-state index contributed by atoms with van der Waals surface area (Å²) in [5.41, 5.74) is 0. The molecule has 7 nitrogen and oxygen atoms in total. The van der Waals surface area contributed by atoms with Crippen molar-refractivity contribution in [3.05, 3.63) is 24.3 Å². The van der Waals surface area contributed by atoms with E-state index in [9.17, 15) is 9.59 Å². The molecular weight excluding hydrogens is 276 g/mol. The molecule has 3 N–H and O–H groups in total. The highest BCUT2D eigenvalue weighted by Gasteiger charge is 2.06. The van der Waals surface area contributed by atoms with Gasteiger partial charge in [-0.05, 0) is 30.7 Å². The third-order valence-electron chi connectivity index (χ3n) is 2.53. The number of carbonyl (C=O) groups is 2. The molecule has 0 spiro atoms. The van der Waals surface area contributed by atoms with E-state index in [0.717, 1.165) is 0 Å². The molecule has 0 aliphatic rings. The number of aliphatic hydroxyl groups is 1. The number of methoxy groups -OCH3 is 1. The average molecular weight is 296 g/mol. The Morgan fingerprint density at radius 3 is 2.38 bits per heavy atom. The Morgan fingerprint density at radius 2 is 1.76 bits per heavy atom. The molecule has 0 atom stereocenters. The molecule has 1 aromatic rings. The van der Waals surface area contributed by atoms with Crippen LogP contribution in [0.3, 0.4) is 0 Å². The van der Waals surface area contributed by atoms with Gasteiger partial charge in [0.15, 0.2) is 6.61 Å². The van der Waals surface area contributed by atoms with Crippen LogP contribution in [0, 0.1) is 0 Å². The molecule has 0 aromatic heterocycles. The van der Waals surface area contributed by atoms with Crippen molar-refractivity contribution in [2.24, 2.45) is 0 Å². The van der Waals surface area contributed by atoms with Gasteiger partial charge in [-0.3, -0.25) is 9.59 Å². The lowest BCUT2D eigenvalue weighted by molar-refractivity contribution is -0.127. The fourth-order valence-electron chi connectivity index (χ4n) is 1.42. The Hall–Kier alpha value is -2.28. The van der Waals surface area contributed by atoms with E-state index in [2.05, 4.69) is 10.6 Å². The Labute approximate surface area is 123 Å². The van der Waals surface area contributed by atoms with Gasteiger partial charge in [0.1, 0.15) is 11.5 Å². The van der Waals surface area contributed by atoms with Crippen molar-refractivity contribution in [3.8, 4) is 11.5 Å². The number of carbonyl (C=O) groups excluding carboxylic acids is 2. The van der Waals surface area contributed by atoms with Gasteiger partial charge in [-0.2, -0.15) is 0 Å². The maximum atomic E-state index is 11.5. The Kier molecular flexibility index (Phi) is 7.67. The third-order valence-corrected chi connectivity index (χ3v) is 2.53. The first-order valence-electron chi connectivity index (χ1n) is 6.57. The van der Waals surface area contributed by atoms with Crippen LogP contribution in [0.2, 0.25) is 0 Å². The van der Waals surface area contributed by atoms with Gasteiger partial charge >= 0.3 is 0 Å². The van der Waals surface area contributed by atoms with Crippen molar-refractivity contribution in [1.29, 1.82) is 0 Å². The molecular formula is C14H20N2O5. The van der Waals surface area contributed by atoms with Crippen LogP contribution in [0.25, 0.3) is 0 Å². The van der Waals surface area contributed by atoms with Crippen molar-refractivity contribution in [3.63, 3.8) is 0 Å². The minimum Gasteiger partial charge on any atom is -0.497 e. The maximum absolute atomic E-state index is 11.5. The second kappa shape index (κ2) is 9.60. The second-order valence-electron chi connectivity index (χ2n) is 4.17. The lowest BCUT2D eigenvalue weighted by Crippen LogP contribution is -2.39. The summed E-state index contributed by atoms with van der Waals surface area (Å²) in [6.07, 6.45) is 0.486. The number of hydrogen-bond acceptors (Lipinski definition) is 5. The summed E-state index contributed by atoms with van der Waals surface area (Å²) >= 11 is 0. The van der Waals surface area contributed by atoms with E-state index in [1.54, 1.807) is 31.4 Å². The summed E-state index contributed by atoms with van der Waals surface area (Å²) in [6.45, 7) is 0.113. The first-order valence-corrected chi connectivity index (χ1v) is 6.57. The zero-order valence-electron chi connectivity index (χ0n) is 11.9. The van der Waals surface area contributed by atoms with Gasteiger partial charge in [-0.25, -0.2) is 0 Å². The van der Waals surface area contributed by atoms with Gasteiger partial charge in [0.25, 0.3) is 5.91 Å². The van der Waals surface area contributed by atoms with E-state index in [0.29, 0.717) is 24.5 Å². The standard InChI is InChI=1S/C14H20N2O5/c1-20-11-3-5-12(6-4-11)21-10-14(19)16-9-13(18)15-7-2-8-17/h3-6,17H,2,7-10H2,1H3,(H,15,18)(H,16,19). The fourth-order valence-corrected chi connectivity index (χ4v) is 1.42. The number of hydrogen-bond donors (Lipinski definition) is 3. The fraction of sp³-hybridized carbons (Fsp3) is 0.429. The third kappa shape index (κ3) is 7.17. The molecule has 0 aliphatic heterocycles. The monoisotopic (exact) mass is 296 g/mol. The normalized spacial score (nSPS) is 9.81. The smallest absolute Gasteiger partial charge is 0.258 e. The molecule has 0 fully saturated rings. The molecule has 0 saturated heterocycles. The Morgan fingerprint density at radius 1 is 1.10 bits per heavy atom. The SMILES string of the molecule is COc1ccc(OCC(=O)NCC(=O)NCCCO)cc1. The molecule has 0 aliphatic carbocycles. The second-order valence-corrected chi connectivity index (χ2v) is 4.17. The molecule has 116 valence electrons. The van der Waals surface area contributed by atoms with E-state index < -0.39 is 0 Å². The molecule has 21 heavy (non-hydrogen) atoms. The molecule has 2 amide bonds. The molecule has 1 rings (SSSR count). The first-order chi connectivity index (χ1) is 10.2. The van der Waals surface area contributed by atoms with Crippen molar-refractivity contribution < 1.29 is 24.2 Å². The maximum Gasteiger partial charge on any atom is 0.258 e. The van der Waals surface area contributed by atoms with E-state index in [1.807, 2.05) is 0 Å². The number of rotatable bonds is 9. The number of aliphatic hydroxyl groups excluding tert-OH is 1. The van der Waals surface area contributed by atoms with Crippen LogP contribution in [0.15, 0.2) is 24.3 Å². The van der Waals surface area contributed by atoms with Gasteiger partial charge in [-0.1, -0.05) is 0 Å². The van der Waals surface area contributed by atoms with Crippen LogP contribution < -0.4 is 20.1 Å². The largest absolute Gasteiger partial charge is 0.497 e. The molecule has 0 saturated carbocycles. The predicted molar refractivity (Wildman–Crippen MR) is 76.2 cm³/mol. The van der Waals surface area contributed by atoms with E-state index >= 15 is 0 Å². The van der Waals surface area contributed by atoms with Crippen molar-refractivity contribution in [2.45, 2.75) is 6.42 Å². The van der Waals surface area contributed by atoms with Gasteiger partial charge in [0.05, 0.1) is 13.7 Å². The molecule has 0 heterocycles. The quantitative estimate of drug-likeness (QED) is 0.543. The van der Waals surface area contributed by atoms with Crippen LogP contribution in [0.1, 0.15) is 6.42 Å². The number of ether oxygens (including phenoxy) is 2. The van der Waals surface area contributed by atoms with E-state index in [4.69, 9.17) is 14.6 Å². The summed E-state index contributed by atoms with van der Waals surface area (Å²) < 4.78 is 10.3. The van der Waals surface area contributed by atoms with Crippen molar-refractivity contribution in [1.82, 2.24) is 10.6 Å². The van der Waals surface area contributed by atoms with Gasteiger partial charge < -0.3 is 25.2 Å². The summed E-state index contributed by atoms with van der Waals surface area (Å²) in [4.78, 5) is 22.8. The van der Waals surface area contributed by atoms with Gasteiger partial charge in [0, 0.05) is 13.2 Å².